The van der Waals surface area contributed by atoms with Gasteiger partial charge in [-0.05, 0) is 34.3 Å². The van der Waals surface area contributed by atoms with E-state index in [1.165, 1.54) is 0 Å². The molecule has 0 aliphatic rings. The first-order chi connectivity index (χ1) is 6.59. The van der Waals surface area contributed by atoms with Crippen molar-refractivity contribution >= 4 is 45.6 Å². The Morgan fingerprint density at radius 2 is 2.40 bits per heavy atom. The number of amides is 1. The van der Waals surface area contributed by atoms with Gasteiger partial charge in [-0.3, -0.25) is 4.79 Å². The third-order valence-electron chi connectivity index (χ3n) is 1.64. The van der Waals surface area contributed by atoms with E-state index in [-0.39, 0.29) is 24.4 Å². The third-order valence-corrected chi connectivity index (χ3v) is 3.57. The van der Waals surface area contributed by atoms with E-state index in [4.69, 9.17) is 5.73 Å². The van der Waals surface area contributed by atoms with Gasteiger partial charge in [-0.25, -0.2) is 0 Å². The van der Waals surface area contributed by atoms with Gasteiger partial charge >= 0.3 is 0 Å². The minimum absolute atomic E-state index is 0. The maximum Gasteiger partial charge on any atom is 0.221 e. The Morgan fingerprint density at radius 1 is 1.73 bits per heavy atom. The van der Waals surface area contributed by atoms with Crippen LogP contribution in [0.5, 0.6) is 0 Å². The summed E-state index contributed by atoms with van der Waals surface area (Å²) in [5.41, 5.74) is 5.50. The van der Waals surface area contributed by atoms with Crippen LogP contribution < -0.4 is 11.1 Å². The number of nitrogens with one attached hydrogen (secondary N) is 1. The standard InChI is InChI=1S/C9H13BrN2OS.ClH/c1-6(11)4-9(13)12-5-8-7(10)2-3-14-8;/h2-3,6H,4-5,11H2,1H3,(H,12,13);1H. The van der Waals surface area contributed by atoms with E-state index in [0.29, 0.717) is 13.0 Å². The summed E-state index contributed by atoms with van der Waals surface area (Å²) >= 11 is 5.02. The van der Waals surface area contributed by atoms with Crippen LogP contribution in [-0.4, -0.2) is 11.9 Å². The molecule has 6 heteroatoms. The van der Waals surface area contributed by atoms with E-state index in [1.54, 1.807) is 11.3 Å². The van der Waals surface area contributed by atoms with Crippen LogP contribution in [0.3, 0.4) is 0 Å². The van der Waals surface area contributed by atoms with Crippen LogP contribution in [0.25, 0.3) is 0 Å². The number of thiophene rings is 1. The Bertz CT molecular complexity index is 317. The van der Waals surface area contributed by atoms with Crippen molar-refractivity contribution < 1.29 is 4.79 Å². The summed E-state index contributed by atoms with van der Waals surface area (Å²) in [5.74, 6) is 0.000278. The van der Waals surface area contributed by atoms with E-state index in [0.717, 1.165) is 9.35 Å². The quantitative estimate of drug-likeness (QED) is 0.896. The highest BCUT2D eigenvalue weighted by Gasteiger charge is 2.06. The van der Waals surface area contributed by atoms with Crippen molar-refractivity contribution in [1.82, 2.24) is 5.32 Å². The average Bonchev–Trinajstić information content (AvgIpc) is 2.46. The maximum absolute atomic E-state index is 11.3. The average molecular weight is 314 g/mol. The van der Waals surface area contributed by atoms with Gasteiger partial charge in [-0.1, -0.05) is 0 Å². The zero-order valence-electron chi connectivity index (χ0n) is 8.33. The molecule has 1 heterocycles. The lowest BCUT2D eigenvalue weighted by Crippen LogP contribution is -2.29. The fraction of sp³-hybridized carbons (Fsp3) is 0.444. The van der Waals surface area contributed by atoms with Crippen LogP contribution in [0.4, 0.5) is 0 Å². The predicted octanol–water partition coefficient (Wildman–Crippen LogP) is 2.29. The fourth-order valence-corrected chi connectivity index (χ4v) is 2.43. The lowest BCUT2D eigenvalue weighted by molar-refractivity contribution is -0.121. The number of nitrogens with two attached hydrogens (primary N) is 1. The summed E-state index contributed by atoms with van der Waals surface area (Å²) in [7, 11) is 0. The van der Waals surface area contributed by atoms with Crippen LogP contribution in [0.15, 0.2) is 15.9 Å². The van der Waals surface area contributed by atoms with Crippen molar-refractivity contribution in [2.75, 3.05) is 0 Å². The second-order valence-corrected chi connectivity index (χ2v) is 5.00. The number of hydrogen-bond acceptors (Lipinski definition) is 3. The largest absolute Gasteiger partial charge is 0.351 e. The van der Waals surface area contributed by atoms with Crippen LogP contribution in [-0.2, 0) is 11.3 Å². The summed E-state index contributed by atoms with van der Waals surface area (Å²) in [6.45, 7) is 2.39. The second kappa shape index (κ2) is 7.22. The third kappa shape index (κ3) is 5.51. The highest BCUT2D eigenvalue weighted by atomic mass is 79.9. The number of carbonyl (C=O) groups is 1. The second-order valence-electron chi connectivity index (χ2n) is 3.15. The Kier molecular flexibility index (Phi) is 7.17. The van der Waals surface area contributed by atoms with Crippen molar-refractivity contribution in [2.24, 2.45) is 5.73 Å². The first-order valence-corrected chi connectivity index (χ1v) is 6.01. The summed E-state index contributed by atoms with van der Waals surface area (Å²) in [6.07, 6.45) is 0.378. The maximum atomic E-state index is 11.3. The lowest BCUT2D eigenvalue weighted by atomic mass is 10.2. The molecule has 0 aliphatic carbocycles. The molecule has 1 unspecified atom stereocenters. The summed E-state index contributed by atoms with van der Waals surface area (Å²) in [5, 5.41) is 4.80. The molecule has 3 N–H and O–H groups in total. The molecule has 1 aromatic heterocycles. The number of carbonyl (C=O) groups excluding carboxylic acids is 1. The molecular weight excluding hydrogens is 300 g/mol. The van der Waals surface area contributed by atoms with Crippen molar-refractivity contribution in [1.29, 1.82) is 0 Å². The predicted molar refractivity (Wildman–Crippen MR) is 69.4 cm³/mol. The van der Waals surface area contributed by atoms with Gasteiger partial charge in [0.15, 0.2) is 0 Å². The molecule has 1 amide bonds. The molecule has 0 radical (unpaired) electrons. The minimum Gasteiger partial charge on any atom is -0.351 e. The summed E-state index contributed by atoms with van der Waals surface area (Å²) in [4.78, 5) is 12.4. The number of hydrogen-bond donors (Lipinski definition) is 2. The van der Waals surface area contributed by atoms with Crippen LogP contribution >= 0.6 is 39.7 Å². The molecule has 0 saturated heterocycles. The Balaban J connectivity index is 0.00000196. The highest BCUT2D eigenvalue weighted by molar-refractivity contribution is 9.10. The smallest absolute Gasteiger partial charge is 0.221 e. The van der Waals surface area contributed by atoms with Crippen LogP contribution in [0.1, 0.15) is 18.2 Å². The Hall–Kier alpha value is -0.100. The van der Waals surface area contributed by atoms with E-state index < -0.39 is 0 Å². The first-order valence-electron chi connectivity index (χ1n) is 4.33. The molecule has 0 aromatic carbocycles. The van der Waals surface area contributed by atoms with E-state index in [9.17, 15) is 4.79 Å². The monoisotopic (exact) mass is 312 g/mol. The highest BCUT2D eigenvalue weighted by Crippen LogP contribution is 2.22. The van der Waals surface area contributed by atoms with Gasteiger partial charge in [-0.2, -0.15) is 0 Å². The minimum atomic E-state index is -0.0817. The molecule has 1 atom stereocenters. The molecule has 3 nitrogen and oxygen atoms in total. The first kappa shape index (κ1) is 14.9. The van der Waals surface area contributed by atoms with Gasteiger partial charge in [0.2, 0.25) is 5.91 Å². The van der Waals surface area contributed by atoms with Gasteiger partial charge in [0.25, 0.3) is 0 Å². The molecule has 15 heavy (non-hydrogen) atoms. The number of halogens is 2. The topological polar surface area (TPSA) is 55.1 Å². The SMILES string of the molecule is CC(N)CC(=O)NCc1sccc1Br.Cl. The summed E-state index contributed by atoms with van der Waals surface area (Å²) < 4.78 is 1.04. The number of rotatable bonds is 4. The molecule has 0 spiro atoms. The zero-order valence-corrected chi connectivity index (χ0v) is 11.5. The van der Waals surface area contributed by atoms with Crippen molar-refractivity contribution in [3.05, 3.63) is 20.8 Å². The van der Waals surface area contributed by atoms with Crippen molar-refractivity contribution in [3.8, 4) is 0 Å². The van der Waals surface area contributed by atoms with Crippen LogP contribution in [0, 0.1) is 0 Å². The van der Waals surface area contributed by atoms with Crippen molar-refractivity contribution in [3.63, 3.8) is 0 Å². The van der Waals surface area contributed by atoms with Gasteiger partial charge < -0.3 is 11.1 Å². The molecule has 0 saturated carbocycles. The van der Waals surface area contributed by atoms with Gasteiger partial charge in [0.05, 0.1) is 6.54 Å². The van der Waals surface area contributed by atoms with E-state index >= 15 is 0 Å². The summed E-state index contributed by atoms with van der Waals surface area (Å²) in [6, 6.07) is 1.89. The van der Waals surface area contributed by atoms with Gasteiger partial charge in [0, 0.05) is 21.8 Å². The molecule has 1 aromatic rings. The van der Waals surface area contributed by atoms with Gasteiger partial charge in [-0.15, -0.1) is 23.7 Å². The molecule has 0 aliphatic heterocycles. The molecule has 0 fully saturated rings. The Morgan fingerprint density at radius 3 is 2.87 bits per heavy atom. The van der Waals surface area contributed by atoms with E-state index in [1.807, 2.05) is 18.4 Å². The Labute approximate surface area is 108 Å². The molecule has 0 bridgehead atoms. The lowest BCUT2D eigenvalue weighted by Gasteiger charge is -2.06. The molecular formula is C9H14BrClN2OS. The molecule has 1 rings (SSSR count). The zero-order chi connectivity index (χ0) is 10.6. The van der Waals surface area contributed by atoms with Crippen LogP contribution in [0.2, 0.25) is 0 Å². The normalized spacial score (nSPS) is 11.7. The molecule has 86 valence electrons. The van der Waals surface area contributed by atoms with Crippen molar-refractivity contribution in [2.45, 2.75) is 25.9 Å². The fourth-order valence-electron chi connectivity index (χ4n) is 0.995. The van der Waals surface area contributed by atoms with Gasteiger partial charge in [0.1, 0.15) is 0 Å². The van der Waals surface area contributed by atoms with E-state index in [2.05, 4.69) is 21.2 Å².